The van der Waals surface area contributed by atoms with Crippen molar-refractivity contribution in [3.8, 4) is 0 Å². The molecule has 0 amide bonds. The molecule has 13 heavy (non-hydrogen) atoms. The molecule has 0 saturated carbocycles. The van der Waals surface area contributed by atoms with Crippen molar-refractivity contribution in [2.75, 3.05) is 0 Å². The average Bonchev–Trinajstić information content (AvgIpc) is 1.96. The van der Waals surface area contributed by atoms with Gasteiger partial charge in [-0.15, -0.1) is 6.58 Å². The van der Waals surface area contributed by atoms with E-state index in [1.54, 1.807) is 0 Å². The summed E-state index contributed by atoms with van der Waals surface area (Å²) in [5.74, 6) is -0.351. The molecule has 1 unspecified atom stereocenters. The highest BCUT2D eigenvalue weighted by Gasteiger charge is 2.17. The normalized spacial score (nSPS) is 12.9. The van der Waals surface area contributed by atoms with E-state index in [1.165, 1.54) is 0 Å². The quantitative estimate of drug-likeness (QED) is 0.644. The summed E-state index contributed by atoms with van der Waals surface area (Å²) >= 11 is 0. The summed E-state index contributed by atoms with van der Waals surface area (Å²) in [5, 5.41) is 8.89. The van der Waals surface area contributed by atoms with Gasteiger partial charge in [-0.2, -0.15) is 0 Å². The zero-order valence-electron chi connectivity index (χ0n) is 8.84. The number of rotatable bonds is 6. The van der Waals surface area contributed by atoms with Crippen LogP contribution in [0.3, 0.4) is 0 Å². The molecule has 2 nitrogen and oxygen atoms in total. The third-order valence-electron chi connectivity index (χ3n) is 2.04. The van der Waals surface area contributed by atoms with Crippen LogP contribution in [0.15, 0.2) is 12.2 Å². The van der Waals surface area contributed by atoms with E-state index in [-0.39, 0.29) is 5.92 Å². The summed E-state index contributed by atoms with van der Waals surface area (Å²) in [7, 11) is 0. The van der Waals surface area contributed by atoms with Crippen molar-refractivity contribution < 1.29 is 9.90 Å². The van der Waals surface area contributed by atoms with E-state index in [9.17, 15) is 4.79 Å². The van der Waals surface area contributed by atoms with Gasteiger partial charge in [0.05, 0.1) is 5.92 Å². The van der Waals surface area contributed by atoms with E-state index >= 15 is 0 Å². The molecule has 2 heteroatoms. The predicted molar refractivity (Wildman–Crippen MR) is 54.6 cm³/mol. The molecule has 0 saturated heterocycles. The minimum Gasteiger partial charge on any atom is -0.481 e. The summed E-state index contributed by atoms with van der Waals surface area (Å²) in [5.41, 5.74) is 0.955. The first-order chi connectivity index (χ1) is 5.93. The van der Waals surface area contributed by atoms with Crippen LogP contribution in [0.2, 0.25) is 0 Å². The number of hydrogen-bond acceptors (Lipinski definition) is 1. The van der Waals surface area contributed by atoms with Crippen LogP contribution in [0.4, 0.5) is 0 Å². The highest BCUT2D eigenvalue weighted by Crippen LogP contribution is 2.18. The van der Waals surface area contributed by atoms with Gasteiger partial charge < -0.3 is 5.11 Å². The van der Waals surface area contributed by atoms with Gasteiger partial charge in [-0.25, -0.2) is 0 Å². The molecule has 0 aliphatic heterocycles. The molecule has 1 N–H and O–H groups in total. The van der Waals surface area contributed by atoms with Crippen LogP contribution in [-0.2, 0) is 4.79 Å². The molecule has 0 aliphatic carbocycles. The molecule has 0 heterocycles. The maximum Gasteiger partial charge on any atom is 0.306 e. The smallest absolute Gasteiger partial charge is 0.306 e. The van der Waals surface area contributed by atoms with Crippen molar-refractivity contribution in [3.05, 3.63) is 12.2 Å². The number of aliphatic carboxylic acids is 1. The molecule has 76 valence electrons. The first-order valence-electron chi connectivity index (χ1n) is 4.80. The Labute approximate surface area is 80.7 Å². The molecule has 0 fully saturated rings. The molecule has 0 spiro atoms. The zero-order valence-corrected chi connectivity index (χ0v) is 8.84. The van der Waals surface area contributed by atoms with Crippen molar-refractivity contribution in [3.63, 3.8) is 0 Å². The maximum atomic E-state index is 10.8. The largest absolute Gasteiger partial charge is 0.481 e. The number of carboxylic acids is 1. The van der Waals surface area contributed by atoms with Gasteiger partial charge in [-0.1, -0.05) is 25.8 Å². The average molecular weight is 184 g/mol. The fourth-order valence-electron chi connectivity index (χ4n) is 1.27. The molecular formula is C11H20O2. The fourth-order valence-corrected chi connectivity index (χ4v) is 1.27. The van der Waals surface area contributed by atoms with Gasteiger partial charge in [0, 0.05) is 0 Å². The van der Waals surface area contributed by atoms with Crippen molar-refractivity contribution in [1.29, 1.82) is 0 Å². The van der Waals surface area contributed by atoms with E-state index in [4.69, 9.17) is 5.11 Å². The van der Waals surface area contributed by atoms with Crippen LogP contribution >= 0.6 is 0 Å². The van der Waals surface area contributed by atoms with Crippen LogP contribution in [0.5, 0.6) is 0 Å². The minimum atomic E-state index is -0.691. The second-order valence-corrected chi connectivity index (χ2v) is 4.17. The molecule has 0 radical (unpaired) electrons. The Morgan fingerprint density at radius 1 is 1.38 bits per heavy atom. The van der Waals surface area contributed by atoms with Gasteiger partial charge in [0.1, 0.15) is 0 Å². The van der Waals surface area contributed by atoms with Crippen molar-refractivity contribution in [2.45, 2.75) is 40.0 Å². The van der Waals surface area contributed by atoms with Crippen LogP contribution < -0.4 is 0 Å². The first-order valence-corrected chi connectivity index (χ1v) is 4.80. The van der Waals surface area contributed by atoms with Crippen LogP contribution in [0.1, 0.15) is 40.0 Å². The predicted octanol–water partition coefficient (Wildman–Crippen LogP) is 3.09. The van der Waals surface area contributed by atoms with Gasteiger partial charge in [0.25, 0.3) is 0 Å². The van der Waals surface area contributed by atoms with E-state index in [2.05, 4.69) is 20.4 Å². The van der Waals surface area contributed by atoms with Crippen LogP contribution in [0, 0.1) is 11.8 Å². The Balaban J connectivity index is 3.95. The Morgan fingerprint density at radius 3 is 2.23 bits per heavy atom. The lowest BCUT2D eigenvalue weighted by molar-refractivity contribution is -0.142. The van der Waals surface area contributed by atoms with E-state index < -0.39 is 5.97 Å². The number of carboxylic acid groups (broad SMARTS) is 1. The fraction of sp³-hybridized carbons (Fsp3) is 0.727. The number of allylic oxidation sites excluding steroid dienone is 1. The molecule has 0 aromatic carbocycles. The summed E-state index contributed by atoms with van der Waals surface area (Å²) in [6.07, 6.45) is 2.35. The Hall–Kier alpha value is -0.790. The van der Waals surface area contributed by atoms with Gasteiger partial charge in [0.15, 0.2) is 0 Å². The van der Waals surface area contributed by atoms with Crippen molar-refractivity contribution in [1.82, 2.24) is 0 Å². The number of hydrogen-bond donors (Lipinski definition) is 1. The standard InChI is InChI=1S/C11H20O2/c1-8(2)5-6-10(11(12)13)7-9(3)4/h8,10H,3,5-7H2,1-2,4H3,(H,12,13). The summed E-state index contributed by atoms with van der Waals surface area (Å²) in [4.78, 5) is 10.8. The molecule has 0 aromatic heterocycles. The van der Waals surface area contributed by atoms with E-state index in [0.29, 0.717) is 12.3 Å². The second kappa shape index (κ2) is 5.79. The lowest BCUT2D eigenvalue weighted by atomic mass is 9.93. The third-order valence-corrected chi connectivity index (χ3v) is 2.04. The van der Waals surface area contributed by atoms with Gasteiger partial charge in [0.2, 0.25) is 0 Å². The van der Waals surface area contributed by atoms with E-state index in [1.807, 2.05) is 6.92 Å². The zero-order chi connectivity index (χ0) is 10.4. The van der Waals surface area contributed by atoms with Gasteiger partial charge in [-0.05, 0) is 25.7 Å². The summed E-state index contributed by atoms with van der Waals surface area (Å²) in [6, 6.07) is 0. The highest BCUT2D eigenvalue weighted by molar-refractivity contribution is 5.70. The third kappa shape index (κ3) is 6.38. The van der Waals surface area contributed by atoms with Gasteiger partial charge in [-0.3, -0.25) is 4.79 Å². The van der Waals surface area contributed by atoms with E-state index in [0.717, 1.165) is 18.4 Å². The molecule has 0 aromatic rings. The van der Waals surface area contributed by atoms with Crippen LogP contribution in [-0.4, -0.2) is 11.1 Å². The summed E-state index contributed by atoms with van der Waals surface area (Å²) < 4.78 is 0. The number of carbonyl (C=O) groups is 1. The van der Waals surface area contributed by atoms with Crippen molar-refractivity contribution >= 4 is 5.97 Å². The topological polar surface area (TPSA) is 37.3 Å². The van der Waals surface area contributed by atoms with Crippen LogP contribution in [0.25, 0.3) is 0 Å². The molecule has 0 bridgehead atoms. The highest BCUT2D eigenvalue weighted by atomic mass is 16.4. The second-order valence-electron chi connectivity index (χ2n) is 4.17. The molecule has 0 rings (SSSR count). The Kier molecular flexibility index (Phi) is 5.44. The first kappa shape index (κ1) is 12.2. The minimum absolute atomic E-state index is 0.236. The Bertz CT molecular complexity index is 183. The Morgan fingerprint density at radius 2 is 1.92 bits per heavy atom. The monoisotopic (exact) mass is 184 g/mol. The lowest BCUT2D eigenvalue weighted by Gasteiger charge is -2.13. The molecule has 1 atom stereocenters. The summed E-state index contributed by atoms with van der Waals surface area (Å²) in [6.45, 7) is 9.84. The molecular weight excluding hydrogens is 164 g/mol. The lowest BCUT2D eigenvalue weighted by Crippen LogP contribution is -2.14. The van der Waals surface area contributed by atoms with Crippen molar-refractivity contribution in [2.24, 2.45) is 11.8 Å². The molecule has 0 aliphatic rings. The van der Waals surface area contributed by atoms with Gasteiger partial charge >= 0.3 is 5.97 Å². The maximum absolute atomic E-state index is 10.8. The SMILES string of the molecule is C=C(C)CC(CCC(C)C)C(=O)O.